The number of benzene rings is 1. The van der Waals surface area contributed by atoms with Gasteiger partial charge in [-0.1, -0.05) is 44.0 Å². The molecule has 0 aromatic heterocycles. The average Bonchev–Trinajstić information content (AvgIpc) is 2.19. The summed E-state index contributed by atoms with van der Waals surface area (Å²) >= 11 is 5.93. The van der Waals surface area contributed by atoms with Crippen LogP contribution in [-0.4, -0.2) is 0 Å². The number of halogens is 1. The van der Waals surface area contributed by atoms with Crippen LogP contribution in [0.3, 0.4) is 0 Å². The standard InChI is InChI=1S/C11H17ClN2/c1-3-8(2)11(14-13)9-5-4-6-10(12)7-9/h4-8,11,14H,3,13H2,1-2H3. The van der Waals surface area contributed by atoms with Crippen LogP contribution in [0.4, 0.5) is 0 Å². The number of rotatable bonds is 4. The zero-order valence-corrected chi connectivity index (χ0v) is 9.38. The Hall–Kier alpha value is -0.570. The van der Waals surface area contributed by atoms with Gasteiger partial charge in [0.05, 0.1) is 0 Å². The lowest BCUT2D eigenvalue weighted by atomic mass is 9.93. The SMILES string of the molecule is CCC(C)C(NN)c1cccc(Cl)c1. The normalized spacial score (nSPS) is 15.1. The van der Waals surface area contributed by atoms with E-state index >= 15 is 0 Å². The topological polar surface area (TPSA) is 38.0 Å². The summed E-state index contributed by atoms with van der Waals surface area (Å²) in [6.45, 7) is 4.32. The van der Waals surface area contributed by atoms with Gasteiger partial charge in [0.1, 0.15) is 0 Å². The van der Waals surface area contributed by atoms with E-state index in [1.807, 2.05) is 24.3 Å². The summed E-state index contributed by atoms with van der Waals surface area (Å²) < 4.78 is 0. The van der Waals surface area contributed by atoms with Crippen molar-refractivity contribution in [1.29, 1.82) is 0 Å². The number of nitrogens with one attached hydrogen (secondary N) is 1. The number of nitrogens with two attached hydrogens (primary N) is 1. The van der Waals surface area contributed by atoms with Crippen LogP contribution in [-0.2, 0) is 0 Å². The van der Waals surface area contributed by atoms with Gasteiger partial charge in [0, 0.05) is 11.1 Å². The molecule has 0 fully saturated rings. The molecule has 0 heterocycles. The van der Waals surface area contributed by atoms with Crippen molar-refractivity contribution in [1.82, 2.24) is 5.43 Å². The molecule has 2 nitrogen and oxygen atoms in total. The van der Waals surface area contributed by atoms with Gasteiger partial charge in [0.2, 0.25) is 0 Å². The van der Waals surface area contributed by atoms with E-state index in [0.717, 1.165) is 17.0 Å². The van der Waals surface area contributed by atoms with Gasteiger partial charge < -0.3 is 0 Å². The van der Waals surface area contributed by atoms with E-state index in [1.165, 1.54) is 0 Å². The fraction of sp³-hybridized carbons (Fsp3) is 0.455. The number of hydrazine groups is 1. The van der Waals surface area contributed by atoms with Gasteiger partial charge in [-0.25, -0.2) is 0 Å². The lowest BCUT2D eigenvalue weighted by molar-refractivity contribution is 0.383. The van der Waals surface area contributed by atoms with Gasteiger partial charge in [-0.3, -0.25) is 11.3 Å². The van der Waals surface area contributed by atoms with Gasteiger partial charge in [0.15, 0.2) is 0 Å². The van der Waals surface area contributed by atoms with Crippen molar-refractivity contribution < 1.29 is 0 Å². The van der Waals surface area contributed by atoms with Crippen molar-refractivity contribution in [2.24, 2.45) is 11.8 Å². The Balaban J connectivity index is 2.89. The van der Waals surface area contributed by atoms with Crippen LogP contribution >= 0.6 is 11.6 Å². The molecule has 2 unspecified atom stereocenters. The van der Waals surface area contributed by atoms with E-state index in [0.29, 0.717) is 5.92 Å². The van der Waals surface area contributed by atoms with Crippen molar-refractivity contribution in [3.05, 3.63) is 34.9 Å². The summed E-state index contributed by atoms with van der Waals surface area (Å²) in [4.78, 5) is 0. The van der Waals surface area contributed by atoms with Crippen LogP contribution in [0, 0.1) is 5.92 Å². The lowest BCUT2D eigenvalue weighted by Gasteiger charge is -2.22. The summed E-state index contributed by atoms with van der Waals surface area (Å²) in [7, 11) is 0. The van der Waals surface area contributed by atoms with Crippen molar-refractivity contribution >= 4 is 11.6 Å². The molecular weight excluding hydrogens is 196 g/mol. The largest absolute Gasteiger partial charge is 0.271 e. The molecule has 0 aliphatic rings. The monoisotopic (exact) mass is 212 g/mol. The molecule has 0 spiro atoms. The average molecular weight is 213 g/mol. The van der Waals surface area contributed by atoms with Gasteiger partial charge in [-0.05, 0) is 23.6 Å². The van der Waals surface area contributed by atoms with E-state index in [-0.39, 0.29) is 6.04 Å². The molecule has 14 heavy (non-hydrogen) atoms. The van der Waals surface area contributed by atoms with Gasteiger partial charge in [-0.2, -0.15) is 0 Å². The highest BCUT2D eigenvalue weighted by Gasteiger charge is 2.16. The second-order valence-electron chi connectivity index (χ2n) is 3.58. The molecule has 0 amide bonds. The minimum Gasteiger partial charge on any atom is -0.271 e. The molecule has 78 valence electrons. The summed E-state index contributed by atoms with van der Waals surface area (Å²) in [5, 5.41) is 0.756. The molecule has 3 N–H and O–H groups in total. The lowest BCUT2D eigenvalue weighted by Crippen LogP contribution is -2.32. The first kappa shape index (κ1) is 11.5. The van der Waals surface area contributed by atoms with E-state index < -0.39 is 0 Å². The van der Waals surface area contributed by atoms with E-state index in [4.69, 9.17) is 17.4 Å². The Bertz CT molecular complexity index is 288. The van der Waals surface area contributed by atoms with Gasteiger partial charge in [-0.15, -0.1) is 0 Å². The maximum atomic E-state index is 5.93. The summed E-state index contributed by atoms with van der Waals surface area (Å²) in [6, 6.07) is 8.00. The van der Waals surface area contributed by atoms with Gasteiger partial charge >= 0.3 is 0 Å². The van der Waals surface area contributed by atoms with E-state index in [1.54, 1.807) is 0 Å². The van der Waals surface area contributed by atoms with Crippen LogP contribution < -0.4 is 11.3 Å². The second-order valence-corrected chi connectivity index (χ2v) is 4.02. The van der Waals surface area contributed by atoms with E-state index in [2.05, 4.69) is 19.3 Å². The van der Waals surface area contributed by atoms with Crippen LogP contribution in [0.2, 0.25) is 5.02 Å². The van der Waals surface area contributed by atoms with Crippen molar-refractivity contribution in [3.63, 3.8) is 0 Å². The Morgan fingerprint density at radius 3 is 2.71 bits per heavy atom. The van der Waals surface area contributed by atoms with Crippen molar-refractivity contribution in [2.45, 2.75) is 26.3 Å². The Morgan fingerprint density at radius 2 is 2.21 bits per heavy atom. The third kappa shape index (κ3) is 2.71. The molecule has 1 aromatic carbocycles. The van der Waals surface area contributed by atoms with Crippen LogP contribution in [0.25, 0.3) is 0 Å². The highest BCUT2D eigenvalue weighted by Crippen LogP contribution is 2.25. The molecule has 0 aliphatic heterocycles. The molecule has 1 rings (SSSR count). The van der Waals surface area contributed by atoms with Crippen LogP contribution in [0.1, 0.15) is 31.9 Å². The van der Waals surface area contributed by atoms with E-state index in [9.17, 15) is 0 Å². The fourth-order valence-corrected chi connectivity index (χ4v) is 1.72. The molecule has 0 saturated heterocycles. The molecule has 0 saturated carbocycles. The highest BCUT2D eigenvalue weighted by molar-refractivity contribution is 6.30. The third-order valence-corrected chi connectivity index (χ3v) is 2.84. The first-order chi connectivity index (χ1) is 6.69. The maximum absolute atomic E-state index is 5.93. The summed E-state index contributed by atoms with van der Waals surface area (Å²) in [5.74, 6) is 6.04. The number of hydrogen-bond donors (Lipinski definition) is 2. The van der Waals surface area contributed by atoms with Crippen LogP contribution in [0.15, 0.2) is 24.3 Å². The first-order valence-electron chi connectivity index (χ1n) is 4.90. The third-order valence-electron chi connectivity index (χ3n) is 2.60. The van der Waals surface area contributed by atoms with Gasteiger partial charge in [0.25, 0.3) is 0 Å². The fourth-order valence-electron chi connectivity index (χ4n) is 1.52. The van der Waals surface area contributed by atoms with Crippen LogP contribution in [0.5, 0.6) is 0 Å². The molecule has 0 radical (unpaired) electrons. The summed E-state index contributed by atoms with van der Waals surface area (Å²) in [5.41, 5.74) is 3.99. The second kappa shape index (κ2) is 5.35. The predicted molar refractivity (Wildman–Crippen MR) is 61.0 cm³/mol. The zero-order chi connectivity index (χ0) is 10.6. The Morgan fingerprint density at radius 1 is 1.50 bits per heavy atom. The van der Waals surface area contributed by atoms with Crippen molar-refractivity contribution in [3.8, 4) is 0 Å². The Kier molecular flexibility index (Phi) is 4.39. The molecule has 1 aromatic rings. The smallest absolute Gasteiger partial charge is 0.0485 e. The summed E-state index contributed by atoms with van der Waals surface area (Å²) in [6.07, 6.45) is 1.08. The minimum atomic E-state index is 0.179. The van der Waals surface area contributed by atoms with Crippen molar-refractivity contribution in [2.75, 3.05) is 0 Å². The quantitative estimate of drug-likeness (QED) is 0.595. The zero-order valence-electron chi connectivity index (χ0n) is 8.63. The predicted octanol–water partition coefficient (Wildman–Crippen LogP) is 2.89. The first-order valence-corrected chi connectivity index (χ1v) is 5.28. The molecular formula is C11H17ClN2. The molecule has 0 aliphatic carbocycles. The number of hydrogen-bond acceptors (Lipinski definition) is 2. The highest BCUT2D eigenvalue weighted by atomic mass is 35.5. The molecule has 0 bridgehead atoms. The minimum absolute atomic E-state index is 0.179. The Labute approximate surface area is 90.4 Å². The molecule has 3 heteroatoms. The maximum Gasteiger partial charge on any atom is 0.0485 e. The molecule has 2 atom stereocenters.